The maximum absolute atomic E-state index is 11.4. The van der Waals surface area contributed by atoms with E-state index in [1.54, 1.807) is 7.11 Å². The Morgan fingerprint density at radius 3 is 2.50 bits per heavy atom. The second-order valence-corrected chi connectivity index (χ2v) is 5.09. The summed E-state index contributed by atoms with van der Waals surface area (Å²) in [6.45, 7) is 2.28. The summed E-state index contributed by atoms with van der Waals surface area (Å²) in [6.07, 6.45) is 2.15. The molecule has 0 bridgehead atoms. The van der Waals surface area contributed by atoms with Crippen molar-refractivity contribution in [2.45, 2.75) is 26.2 Å². The molecule has 0 aromatic heterocycles. The Morgan fingerprint density at radius 2 is 1.77 bits per heavy atom. The number of hydrogen-bond donors (Lipinski definition) is 0. The second kappa shape index (κ2) is 8.23. The Bertz CT molecular complexity index is 620. The van der Waals surface area contributed by atoms with Gasteiger partial charge in [-0.15, -0.1) is 0 Å². The third-order valence-electron chi connectivity index (χ3n) is 3.48. The van der Waals surface area contributed by atoms with Crippen LogP contribution in [0.5, 0.6) is 5.75 Å². The number of esters is 1. The molecule has 0 spiro atoms. The molecule has 0 saturated heterocycles. The molecule has 2 aromatic rings. The highest BCUT2D eigenvalue weighted by molar-refractivity contribution is 5.69. The minimum Gasteiger partial charge on any atom is -0.497 e. The van der Waals surface area contributed by atoms with E-state index < -0.39 is 0 Å². The Balaban J connectivity index is 2.02. The van der Waals surface area contributed by atoms with Gasteiger partial charge in [0.2, 0.25) is 0 Å². The van der Waals surface area contributed by atoms with E-state index in [4.69, 9.17) is 9.47 Å². The van der Waals surface area contributed by atoms with Gasteiger partial charge in [-0.05, 0) is 48.6 Å². The number of benzene rings is 2. The van der Waals surface area contributed by atoms with E-state index in [1.807, 2.05) is 25.1 Å². The van der Waals surface area contributed by atoms with Crippen LogP contribution in [0, 0.1) is 0 Å². The Labute approximate surface area is 131 Å². The van der Waals surface area contributed by atoms with E-state index in [-0.39, 0.29) is 5.97 Å². The predicted octanol–water partition coefficient (Wildman–Crippen LogP) is 4.25. The van der Waals surface area contributed by atoms with Gasteiger partial charge in [-0.2, -0.15) is 0 Å². The lowest BCUT2D eigenvalue weighted by Gasteiger charge is -2.07. The summed E-state index contributed by atoms with van der Waals surface area (Å²) in [4.78, 5) is 11.4. The summed E-state index contributed by atoms with van der Waals surface area (Å²) in [6, 6.07) is 16.4. The average Bonchev–Trinajstić information content (AvgIpc) is 2.55. The molecule has 0 heterocycles. The lowest BCUT2D eigenvalue weighted by atomic mass is 10.0. The van der Waals surface area contributed by atoms with Crippen LogP contribution in [0.3, 0.4) is 0 Å². The van der Waals surface area contributed by atoms with Crippen molar-refractivity contribution in [1.29, 1.82) is 0 Å². The Morgan fingerprint density at radius 1 is 1.05 bits per heavy atom. The molecule has 116 valence electrons. The molecule has 3 heteroatoms. The monoisotopic (exact) mass is 298 g/mol. The fraction of sp³-hybridized carbons (Fsp3) is 0.316. The smallest absolute Gasteiger partial charge is 0.305 e. The van der Waals surface area contributed by atoms with Gasteiger partial charge in [0.05, 0.1) is 13.7 Å². The van der Waals surface area contributed by atoms with Crippen molar-refractivity contribution < 1.29 is 14.3 Å². The van der Waals surface area contributed by atoms with Crippen LogP contribution in [0.15, 0.2) is 48.5 Å². The number of carbonyl (C=O) groups excluding carboxylic acids is 1. The zero-order valence-electron chi connectivity index (χ0n) is 13.2. The van der Waals surface area contributed by atoms with Crippen LogP contribution in [0.4, 0.5) is 0 Å². The van der Waals surface area contributed by atoms with Crippen LogP contribution >= 0.6 is 0 Å². The minimum absolute atomic E-state index is 0.119. The molecule has 0 N–H and O–H groups in total. The summed E-state index contributed by atoms with van der Waals surface area (Å²) < 4.78 is 10.2. The first-order valence-electron chi connectivity index (χ1n) is 7.62. The molecule has 0 saturated carbocycles. The Kier molecular flexibility index (Phi) is 6.01. The van der Waals surface area contributed by atoms with E-state index in [0.29, 0.717) is 13.0 Å². The molecule has 0 aliphatic carbocycles. The summed E-state index contributed by atoms with van der Waals surface area (Å²) in [5.74, 6) is 0.733. The second-order valence-electron chi connectivity index (χ2n) is 5.09. The summed E-state index contributed by atoms with van der Waals surface area (Å²) >= 11 is 0. The first kappa shape index (κ1) is 16.1. The highest BCUT2D eigenvalue weighted by Gasteiger charge is 2.04. The summed E-state index contributed by atoms with van der Waals surface area (Å²) in [5.41, 5.74) is 3.52. The fourth-order valence-electron chi connectivity index (χ4n) is 2.38. The normalized spacial score (nSPS) is 10.3. The minimum atomic E-state index is -0.119. The fourth-order valence-corrected chi connectivity index (χ4v) is 2.38. The molecule has 2 rings (SSSR count). The first-order valence-corrected chi connectivity index (χ1v) is 7.62. The molecule has 0 radical (unpaired) electrons. The molecule has 0 amide bonds. The van der Waals surface area contributed by atoms with Crippen molar-refractivity contribution in [3.8, 4) is 16.9 Å². The van der Waals surface area contributed by atoms with E-state index in [1.165, 1.54) is 5.56 Å². The molecule has 0 aliphatic heterocycles. The molecule has 0 fully saturated rings. The number of ether oxygens (including phenoxy) is 2. The average molecular weight is 298 g/mol. The van der Waals surface area contributed by atoms with Crippen LogP contribution < -0.4 is 4.74 Å². The molecular weight excluding hydrogens is 276 g/mol. The SMILES string of the molecule is CCOC(=O)CCCc1cccc(-c2cccc(OC)c2)c1. The molecular formula is C19H22O3. The van der Waals surface area contributed by atoms with Crippen LogP contribution in [0.2, 0.25) is 0 Å². The highest BCUT2D eigenvalue weighted by Crippen LogP contribution is 2.25. The van der Waals surface area contributed by atoms with Crippen LogP contribution in [-0.4, -0.2) is 19.7 Å². The van der Waals surface area contributed by atoms with Gasteiger partial charge in [-0.25, -0.2) is 0 Å². The number of hydrogen-bond acceptors (Lipinski definition) is 3. The van der Waals surface area contributed by atoms with Crippen molar-refractivity contribution in [1.82, 2.24) is 0 Å². The van der Waals surface area contributed by atoms with Gasteiger partial charge in [-0.3, -0.25) is 4.79 Å². The van der Waals surface area contributed by atoms with E-state index in [0.717, 1.165) is 29.7 Å². The lowest BCUT2D eigenvalue weighted by molar-refractivity contribution is -0.143. The largest absolute Gasteiger partial charge is 0.497 e. The van der Waals surface area contributed by atoms with Gasteiger partial charge in [0.15, 0.2) is 0 Å². The maximum Gasteiger partial charge on any atom is 0.305 e. The summed E-state index contributed by atoms with van der Waals surface area (Å²) in [7, 11) is 1.67. The quantitative estimate of drug-likeness (QED) is 0.717. The van der Waals surface area contributed by atoms with Gasteiger partial charge in [-0.1, -0.05) is 36.4 Å². The molecule has 0 atom stereocenters. The highest BCUT2D eigenvalue weighted by atomic mass is 16.5. The van der Waals surface area contributed by atoms with Crippen LogP contribution in [0.1, 0.15) is 25.3 Å². The topological polar surface area (TPSA) is 35.5 Å². The van der Waals surface area contributed by atoms with Crippen molar-refractivity contribution in [2.75, 3.05) is 13.7 Å². The molecule has 22 heavy (non-hydrogen) atoms. The van der Waals surface area contributed by atoms with Crippen LogP contribution in [-0.2, 0) is 16.0 Å². The standard InChI is InChI=1S/C19H22O3/c1-3-22-19(20)12-5-8-15-7-4-9-16(13-15)17-10-6-11-18(14-17)21-2/h4,6-7,9-11,13-14H,3,5,8,12H2,1-2H3. The zero-order chi connectivity index (χ0) is 15.8. The van der Waals surface area contributed by atoms with Crippen molar-refractivity contribution in [3.05, 3.63) is 54.1 Å². The van der Waals surface area contributed by atoms with Gasteiger partial charge in [0, 0.05) is 6.42 Å². The van der Waals surface area contributed by atoms with E-state index in [2.05, 4.69) is 30.3 Å². The predicted molar refractivity (Wildman–Crippen MR) is 88.0 cm³/mol. The maximum atomic E-state index is 11.4. The first-order chi connectivity index (χ1) is 10.7. The summed E-state index contributed by atoms with van der Waals surface area (Å²) in [5, 5.41) is 0. The van der Waals surface area contributed by atoms with Crippen LogP contribution in [0.25, 0.3) is 11.1 Å². The van der Waals surface area contributed by atoms with Gasteiger partial charge < -0.3 is 9.47 Å². The molecule has 0 aliphatic rings. The van der Waals surface area contributed by atoms with Crippen molar-refractivity contribution in [3.63, 3.8) is 0 Å². The van der Waals surface area contributed by atoms with E-state index >= 15 is 0 Å². The lowest BCUT2D eigenvalue weighted by Crippen LogP contribution is -2.04. The third kappa shape index (κ3) is 4.62. The number of carbonyl (C=O) groups is 1. The number of rotatable bonds is 7. The van der Waals surface area contributed by atoms with Gasteiger partial charge >= 0.3 is 5.97 Å². The van der Waals surface area contributed by atoms with Crippen molar-refractivity contribution >= 4 is 5.97 Å². The molecule has 3 nitrogen and oxygen atoms in total. The third-order valence-corrected chi connectivity index (χ3v) is 3.48. The van der Waals surface area contributed by atoms with E-state index in [9.17, 15) is 4.79 Å². The van der Waals surface area contributed by atoms with Gasteiger partial charge in [0.1, 0.15) is 5.75 Å². The number of aryl methyl sites for hydroxylation is 1. The molecule has 2 aromatic carbocycles. The van der Waals surface area contributed by atoms with Crippen molar-refractivity contribution in [2.24, 2.45) is 0 Å². The Hall–Kier alpha value is -2.29. The zero-order valence-corrected chi connectivity index (χ0v) is 13.2. The molecule has 0 unspecified atom stereocenters. The number of methoxy groups -OCH3 is 1. The van der Waals surface area contributed by atoms with Gasteiger partial charge in [0.25, 0.3) is 0 Å².